The van der Waals surface area contributed by atoms with Gasteiger partial charge in [-0.05, 0) is 0 Å². The maximum Gasteiger partial charge on any atom is 0.209 e. The number of hydrogen-bond acceptors (Lipinski definition) is 4. The lowest BCUT2D eigenvalue weighted by atomic mass is 10.8. The van der Waals surface area contributed by atoms with Gasteiger partial charge in [-0.25, -0.2) is 0 Å². The second-order valence-corrected chi connectivity index (χ2v) is 1.29. The van der Waals surface area contributed by atoms with Crippen LogP contribution < -0.4 is 0 Å². The topological polar surface area (TPSA) is 58.9 Å². The molecule has 9 heavy (non-hydrogen) atoms. The van der Waals surface area contributed by atoms with Gasteiger partial charge in [0.2, 0.25) is 6.79 Å². The summed E-state index contributed by atoms with van der Waals surface area (Å²) in [5.74, 6) is 0. The second-order valence-electron chi connectivity index (χ2n) is 1.29. The van der Waals surface area contributed by atoms with Crippen LogP contribution in [0.15, 0.2) is 0 Å². The maximum atomic E-state index is 8.17. The molecule has 0 saturated heterocycles. The Hall–Kier alpha value is -0.160. The quantitative estimate of drug-likeness (QED) is 0.464. The van der Waals surface area contributed by atoms with Crippen LogP contribution in [0.4, 0.5) is 0 Å². The molecule has 0 aromatic rings. The van der Waals surface area contributed by atoms with Crippen LogP contribution in [0.2, 0.25) is 0 Å². The molecule has 0 unspecified atom stereocenters. The van der Waals surface area contributed by atoms with Crippen LogP contribution in [-0.4, -0.2) is 36.6 Å². The van der Waals surface area contributed by atoms with Gasteiger partial charge in [-0.1, -0.05) is 0 Å². The Labute approximate surface area is 54.0 Å². The van der Waals surface area contributed by atoms with Crippen molar-refractivity contribution in [2.45, 2.75) is 0 Å². The molecule has 4 nitrogen and oxygen atoms in total. The molecule has 0 bridgehead atoms. The molecule has 0 saturated carbocycles. The fraction of sp³-hybridized carbons (Fsp3) is 0.800. The lowest BCUT2D eigenvalue weighted by molar-refractivity contribution is -0.00368. The van der Waals surface area contributed by atoms with Crippen LogP contribution in [-0.2, 0) is 9.47 Å². The fourth-order valence-electron chi connectivity index (χ4n) is 0.250. The van der Waals surface area contributed by atoms with Gasteiger partial charge in [0.05, 0.1) is 26.4 Å². The first-order valence-corrected chi connectivity index (χ1v) is 2.68. The number of aliphatic hydroxyl groups excluding tert-OH is 2. The first-order chi connectivity index (χ1) is 4.41. The van der Waals surface area contributed by atoms with E-state index < -0.39 is 0 Å². The van der Waals surface area contributed by atoms with Gasteiger partial charge in [0.25, 0.3) is 0 Å². The summed E-state index contributed by atoms with van der Waals surface area (Å²) >= 11 is 0. The van der Waals surface area contributed by atoms with Crippen molar-refractivity contribution in [1.29, 1.82) is 0 Å². The molecule has 0 heterocycles. The molecule has 0 atom stereocenters. The zero-order valence-corrected chi connectivity index (χ0v) is 5.12. The zero-order valence-electron chi connectivity index (χ0n) is 5.12. The molecule has 55 valence electrons. The van der Waals surface area contributed by atoms with Crippen LogP contribution >= 0.6 is 0 Å². The highest BCUT2D eigenvalue weighted by molar-refractivity contribution is 4.31. The van der Waals surface area contributed by atoms with Crippen LogP contribution in [0.3, 0.4) is 0 Å². The summed E-state index contributed by atoms with van der Waals surface area (Å²) in [4.78, 5) is 0. The van der Waals surface area contributed by atoms with Crippen molar-refractivity contribution >= 4 is 0 Å². The van der Waals surface area contributed by atoms with Gasteiger partial charge in [0.15, 0.2) is 0 Å². The molecule has 0 fully saturated rings. The van der Waals surface area contributed by atoms with E-state index in [1.165, 1.54) is 0 Å². The molecule has 4 heteroatoms. The SMILES string of the molecule is OCCO[CH]OCCO. The van der Waals surface area contributed by atoms with Crippen molar-refractivity contribution in [1.82, 2.24) is 0 Å². The lowest BCUT2D eigenvalue weighted by Crippen LogP contribution is -2.02. The summed E-state index contributed by atoms with van der Waals surface area (Å²) in [6.45, 7) is 1.50. The summed E-state index contributed by atoms with van der Waals surface area (Å²) < 4.78 is 9.15. The lowest BCUT2D eigenvalue weighted by Gasteiger charge is -1.99. The standard InChI is InChI=1S/C5H11O4/c6-1-3-8-5-9-4-2-7/h5-7H,1-4H2. The van der Waals surface area contributed by atoms with Crippen molar-refractivity contribution in [2.24, 2.45) is 0 Å². The highest BCUT2D eigenvalue weighted by Gasteiger charge is 1.85. The zero-order chi connectivity index (χ0) is 6.95. The third kappa shape index (κ3) is 7.84. The average Bonchev–Trinajstić information content (AvgIpc) is 1.89. The first kappa shape index (κ1) is 8.84. The van der Waals surface area contributed by atoms with Gasteiger partial charge < -0.3 is 19.7 Å². The second kappa shape index (κ2) is 7.84. The molecule has 0 aliphatic rings. The minimum absolute atomic E-state index is 0.0288. The Kier molecular flexibility index (Phi) is 7.70. The molecule has 1 radical (unpaired) electrons. The minimum Gasteiger partial charge on any atom is -0.394 e. The van der Waals surface area contributed by atoms with Gasteiger partial charge >= 0.3 is 0 Å². The third-order valence-corrected chi connectivity index (χ3v) is 0.554. The fourth-order valence-corrected chi connectivity index (χ4v) is 0.250. The molecule has 0 aromatic heterocycles. The summed E-state index contributed by atoms with van der Waals surface area (Å²) in [6, 6.07) is 0. The normalized spacial score (nSPS) is 10.0. The Bertz CT molecular complexity index is 42.2. The van der Waals surface area contributed by atoms with Crippen molar-refractivity contribution in [2.75, 3.05) is 26.4 Å². The number of ether oxygens (including phenoxy) is 2. The van der Waals surface area contributed by atoms with Gasteiger partial charge in [-0.3, -0.25) is 0 Å². The largest absolute Gasteiger partial charge is 0.394 e. The Morgan fingerprint density at radius 3 is 1.78 bits per heavy atom. The molecule has 0 rings (SSSR count). The number of rotatable bonds is 6. The van der Waals surface area contributed by atoms with Gasteiger partial charge in [-0.15, -0.1) is 0 Å². The monoisotopic (exact) mass is 135 g/mol. The molecule has 0 aliphatic heterocycles. The Morgan fingerprint density at radius 2 is 1.44 bits per heavy atom. The Balaban J connectivity index is 2.60. The smallest absolute Gasteiger partial charge is 0.209 e. The summed E-state index contributed by atoms with van der Waals surface area (Å²) in [7, 11) is 0. The molecule has 0 spiro atoms. The van der Waals surface area contributed by atoms with E-state index in [4.69, 9.17) is 10.2 Å². The van der Waals surface area contributed by atoms with Crippen molar-refractivity contribution in [3.8, 4) is 0 Å². The van der Waals surface area contributed by atoms with E-state index in [9.17, 15) is 0 Å². The van der Waals surface area contributed by atoms with E-state index in [2.05, 4.69) is 9.47 Å². The van der Waals surface area contributed by atoms with E-state index in [1.807, 2.05) is 0 Å². The molecular weight excluding hydrogens is 124 g/mol. The number of hydrogen-bond donors (Lipinski definition) is 2. The minimum atomic E-state index is -0.0288. The van der Waals surface area contributed by atoms with Crippen LogP contribution in [0.25, 0.3) is 0 Å². The van der Waals surface area contributed by atoms with Crippen LogP contribution in [0, 0.1) is 6.79 Å². The van der Waals surface area contributed by atoms with Crippen LogP contribution in [0.5, 0.6) is 0 Å². The average molecular weight is 135 g/mol. The molecule has 0 aromatic carbocycles. The van der Waals surface area contributed by atoms with Gasteiger partial charge in [0.1, 0.15) is 0 Å². The molecule has 0 amide bonds. The summed E-state index contributed by atoms with van der Waals surface area (Å²) in [6.07, 6.45) is 0. The van der Waals surface area contributed by atoms with E-state index in [-0.39, 0.29) is 26.4 Å². The maximum absolute atomic E-state index is 8.17. The summed E-state index contributed by atoms with van der Waals surface area (Å²) in [5.41, 5.74) is 0. The predicted octanol–water partition coefficient (Wildman–Crippen LogP) is -0.877. The van der Waals surface area contributed by atoms with E-state index in [0.717, 1.165) is 6.79 Å². The highest BCUT2D eigenvalue weighted by atomic mass is 16.7. The molecule has 0 aliphatic carbocycles. The predicted molar refractivity (Wildman–Crippen MR) is 30.4 cm³/mol. The summed E-state index contributed by atoms with van der Waals surface area (Å²) in [5, 5.41) is 16.3. The van der Waals surface area contributed by atoms with Crippen molar-refractivity contribution in [3.05, 3.63) is 6.79 Å². The molecular formula is C5H11O4. The van der Waals surface area contributed by atoms with E-state index >= 15 is 0 Å². The van der Waals surface area contributed by atoms with Crippen molar-refractivity contribution < 1.29 is 19.7 Å². The Morgan fingerprint density at radius 1 is 1.00 bits per heavy atom. The van der Waals surface area contributed by atoms with Crippen molar-refractivity contribution in [3.63, 3.8) is 0 Å². The first-order valence-electron chi connectivity index (χ1n) is 2.68. The number of aliphatic hydroxyl groups is 2. The molecule has 2 N–H and O–H groups in total. The van der Waals surface area contributed by atoms with Gasteiger partial charge in [0, 0.05) is 0 Å². The van der Waals surface area contributed by atoms with E-state index in [0.29, 0.717) is 0 Å². The van der Waals surface area contributed by atoms with E-state index in [1.54, 1.807) is 0 Å². The van der Waals surface area contributed by atoms with Crippen LogP contribution in [0.1, 0.15) is 0 Å². The highest BCUT2D eigenvalue weighted by Crippen LogP contribution is 1.82. The third-order valence-electron chi connectivity index (χ3n) is 0.554. The van der Waals surface area contributed by atoms with Gasteiger partial charge in [-0.2, -0.15) is 0 Å².